The number of fused-ring (bicyclic) bond motifs is 1. The van der Waals surface area contributed by atoms with Crippen LogP contribution in [0, 0.1) is 20.8 Å². The molecule has 0 aliphatic carbocycles. The molecule has 0 aliphatic heterocycles. The molecule has 0 fully saturated rings. The first-order valence-corrected chi connectivity index (χ1v) is 10.6. The first kappa shape index (κ1) is 20.3. The molecule has 2 heterocycles. The Hall–Kier alpha value is -2.45. The van der Waals surface area contributed by atoms with Crippen molar-refractivity contribution in [2.45, 2.75) is 44.5 Å². The monoisotopic (exact) mass is 414 g/mol. The van der Waals surface area contributed by atoms with Crippen LogP contribution in [0.25, 0.3) is 10.2 Å². The number of nitrogens with one attached hydrogen (secondary N) is 2. The van der Waals surface area contributed by atoms with Crippen molar-refractivity contribution in [3.05, 3.63) is 52.2 Å². The zero-order chi connectivity index (χ0) is 20.3. The minimum Gasteiger partial charge on any atom is -0.334 e. The molecule has 0 saturated carbocycles. The highest BCUT2D eigenvalue weighted by Gasteiger charge is 2.21. The molecule has 1 aromatic carbocycles. The fourth-order valence-corrected chi connectivity index (χ4v) is 4.85. The molecular weight excluding hydrogens is 392 g/mol. The molecule has 8 heteroatoms. The molecule has 2 N–H and O–H groups in total. The van der Waals surface area contributed by atoms with E-state index in [0.717, 1.165) is 26.4 Å². The quantitative estimate of drug-likeness (QED) is 0.485. The number of amides is 3. The van der Waals surface area contributed by atoms with Crippen LogP contribution in [-0.2, 0) is 11.3 Å². The Bertz CT molecular complexity index is 1020. The predicted molar refractivity (Wildman–Crippen MR) is 114 cm³/mol. The zero-order valence-corrected chi connectivity index (χ0v) is 17.8. The number of aryl methyl sites for hydroxylation is 3. The second kappa shape index (κ2) is 8.70. The molecule has 6 nitrogen and oxygen atoms in total. The molecule has 0 spiro atoms. The summed E-state index contributed by atoms with van der Waals surface area (Å²) in [5.74, 6) is 0.314. The van der Waals surface area contributed by atoms with Crippen LogP contribution >= 0.6 is 23.1 Å². The van der Waals surface area contributed by atoms with E-state index in [1.165, 1.54) is 16.6 Å². The van der Waals surface area contributed by atoms with Crippen molar-refractivity contribution < 1.29 is 9.59 Å². The van der Waals surface area contributed by atoms with Crippen LogP contribution in [0.4, 0.5) is 4.79 Å². The molecule has 3 amide bonds. The van der Waals surface area contributed by atoms with Gasteiger partial charge in [0.15, 0.2) is 0 Å². The van der Waals surface area contributed by atoms with E-state index >= 15 is 0 Å². The van der Waals surface area contributed by atoms with E-state index in [1.54, 1.807) is 18.3 Å². The summed E-state index contributed by atoms with van der Waals surface area (Å²) in [6, 6.07) is 9.03. The second-order valence-electron chi connectivity index (χ2n) is 6.46. The van der Waals surface area contributed by atoms with Gasteiger partial charge in [-0.25, -0.2) is 14.8 Å². The van der Waals surface area contributed by atoms with Crippen molar-refractivity contribution in [2.75, 3.05) is 0 Å². The molecule has 28 heavy (non-hydrogen) atoms. The van der Waals surface area contributed by atoms with Gasteiger partial charge in [-0.05, 0) is 38.8 Å². The summed E-state index contributed by atoms with van der Waals surface area (Å²) in [6.45, 7) is 8.07. The molecule has 0 unspecified atom stereocenters. The number of thioether (sulfide) groups is 1. The molecule has 0 aliphatic rings. The summed E-state index contributed by atoms with van der Waals surface area (Å²) in [4.78, 5) is 35.6. The number of thiophene rings is 1. The number of hydrogen-bond acceptors (Lipinski definition) is 6. The number of carbonyl (C=O) groups excluding carboxylic acids is 2. The van der Waals surface area contributed by atoms with E-state index in [9.17, 15) is 9.59 Å². The molecule has 3 aromatic rings. The Kier molecular flexibility index (Phi) is 6.31. The minimum absolute atomic E-state index is 0.357. The van der Waals surface area contributed by atoms with Crippen molar-refractivity contribution in [1.82, 2.24) is 20.6 Å². The highest BCUT2D eigenvalue weighted by atomic mass is 32.2. The number of aromatic nitrogens is 2. The van der Waals surface area contributed by atoms with Crippen LogP contribution in [0.5, 0.6) is 0 Å². The van der Waals surface area contributed by atoms with E-state index in [4.69, 9.17) is 0 Å². The summed E-state index contributed by atoms with van der Waals surface area (Å²) in [5.41, 5.74) is 2.10. The van der Waals surface area contributed by atoms with Crippen LogP contribution in [-0.4, -0.2) is 27.2 Å². The standard InChI is InChI=1S/C20H22N4O2S2/c1-11-12(2)27-18-16(11)19(23-14(4)22-18)28-13(3)17(25)24-20(26)21-10-15-8-6-5-7-9-15/h5-9,13H,10H2,1-4H3,(H2,21,24,25,26)/t13-/m0/s1. The van der Waals surface area contributed by atoms with E-state index in [0.29, 0.717) is 12.4 Å². The summed E-state index contributed by atoms with van der Waals surface area (Å²) in [7, 11) is 0. The lowest BCUT2D eigenvalue weighted by molar-refractivity contribution is -0.119. The van der Waals surface area contributed by atoms with Gasteiger partial charge >= 0.3 is 6.03 Å². The number of carbonyl (C=O) groups is 2. The van der Waals surface area contributed by atoms with Crippen molar-refractivity contribution in [2.24, 2.45) is 0 Å². The number of urea groups is 1. The van der Waals surface area contributed by atoms with Gasteiger partial charge in [-0.2, -0.15) is 0 Å². The van der Waals surface area contributed by atoms with Crippen molar-refractivity contribution in [3.63, 3.8) is 0 Å². The van der Waals surface area contributed by atoms with Crippen molar-refractivity contribution in [3.8, 4) is 0 Å². The Morgan fingerprint density at radius 2 is 1.86 bits per heavy atom. The third-order valence-electron chi connectivity index (χ3n) is 4.30. The number of imide groups is 1. The zero-order valence-electron chi connectivity index (χ0n) is 16.2. The van der Waals surface area contributed by atoms with E-state index in [-0.39, 0.29) is 5.91 Å². The highest BCUT2D eigenvalue weighted by Crippen LogP contribution is 2.36. The van der Waals surface area contributed by atoms with Gasteiger partial charge in [-0.1, -0.05) is 42.1 Å². The van der Waals surface area contributed by atoms with E-state index < -0.39 is 11.3 Å². The van der Waals surface area contributed by atoms with Gasteiger partial charge in [0, 0.05) is 16.8 Å². The van der Waals surface area contributed by atoms with Crippen LogP contribution in [0.1, 0.15) is 28.8 Å². The predicted octanol–water partition coefficient (Wildman–Crippen LogP) is 4.12. The van der Waals surface area contributed by atoms with Crippen LogP contribution in [0.3, 0.4) is 0 Å². The number of nitrogens with zero attached hydrogens (tertiary/aromatic N) is 2. The van der Waals surface area contributed by atoms with Crippen LogP contribution < -0.4 is 10.6 Å². The first-order chi connectivity index (χ1) is 13.3. The molecular formula is C20H22N4O2S2. The van der Waals surface area contributed by atoms with Crippen LogP contribution in [0.2, 0.25) is 0 Å². The van der Waals surface area contributed by atoms with Gasteiger partial charge in [-0.15, -0.1) is 11.3 Å². The molecule has 2 aromatic heterocycles. The summed E-state index contributed by atoms with van der Waals surface area (Å²) in [6.07, 6.45) is 0. The van der Waals surface area contributed by atoms with E-state index in [1.807, 2.05) is 44.2 Å². The maximum atomic E-state index is 12.4. The van der Waals surface area contributed by atoms with Gasteiger partial charge < -0.3 is 5.32 Å². The van der Waals surface area contributed by atoms with Crippen molar-refractivity contribution >= 4 is 45.3 Å². The lowest BCUT2D eigenvalue weighted by atomic mass is 10.2. The Morgan fingerprint density at radius 3 is 2.57 bits per heavy atom. The largest absolute Gasteiger partial charge is 0.334 e. The van der Waals surface area contributed by atoms with Gasteiger partial charge in [-0.3, -0.25) is 10.1 Å². The Balaban J connectivity index is 1.64. The molecule has 146 valence electrons. The maximum Gasteiger partial charge on any atom is 0.321 e. The molecule has 3 rings (SSSR count). The summed E-state index contributed by atoms with van der Waals surface area (Å²) < 4.78 is 0. The van der Waals surface area contributed by atoms with Gasteiger partial charge in [0.1, 0.15) is 15.7 Å². The first-order valence-electron chi connectivity index (χ1n) is 8.88. The van der Waals surface area contributed by atoms with Gasteiger partial charge in [0.2, 0.25) is 5.91 Å². The van der Waals surface area contributed by atoms with E-state index in [2.05, 4.69) is 27.5 Å². The fraction of sp³-hybridized carbons (Fsp3) is 0.300. The second-order valence-corrected chi connectivity index (χ2v) is 8.99. The molecule has 0 bridgehead atoms. The SMILES string of the molecule is Cc1nc(S[C@@H](C)C(=O)NC(=O)NCc2ccccc2)c2c(C)c(C)sc2n1. The average Bonchev–Trinajstić information content (AvgIpc) is 2.94. The normalized spacial score (nSPS) is 12.0. The topological polar surface area (TPSA) is 84.0 Å². The van der Waals surface area contributed by atoms with Gasteiger partial charge in [0.05, 0.1) is 5.25 Å². The third-order valence-corrected chi connectivity index (χ3v) is 6.48. The Labute approximate surface area is 172 Å². The minimum atomic E-state index is -0.507. The average molecular weight is 415 g/mol. The van der Waals surface area contributed by atoms with Crippen LogP contribution in [0.15, 0.2) is 35.4 Å². The number of benzene rings is 1. The molecule has 0 radical (unpaired) electrons. The fourth-order valence-electron chi connectivity index (χ4n) is 2.66. The Morgan fingerprint density at radius 1 is 1.14 bits per heavy atom. The van der Waals surface area contributed by atoms with Gasteiger partial charge in [0.25, 0.3) is 0 Å². The highest BCUT2D eigenvalue weighted by molar-refractivity contribution is 8.00. The lowest BCUT2D eigenvalue weighted by Gasteiger charge is -2.13. The molecule has 1 atom stereocenters. The maximum absolute atomic E-state index is 12.4. The summed E-state index contributed by atoms with van der Waals surface area (Å²) >= 11 is 2.97. The lowest BCUT2D eigenvalue weighted by Crippen LogP contribution is -2.42. The third kappa shape index (κ3) is 4.69. The summed E-state index contributed by atoms with van der Waals surface area (Å²) in [5, 5.41) is 6.39. The number of rotatable bonds is 5. The van der Waals surface area contributed by atoms with Crippen molar-refractivity contribution in [1.29, 1.82) is 0 Å². The number of hydrogen-bond donors (Lipinski definition) is 2. The molecule has 0 saturated heterocycles. The smallest absolute Gasteiger partial charge is 0.321 e.